The fourth-order valence-electron chi connectivity index (χ4n) is 2.73. The summed E-state index contributed by atoms with van der Waals surface area (Å²) in [6, 6.07) is -0.221. The molecule has 1 N–H and O–H groups in total. The van der Waals surface area contributed by atoms with Gasteiger partial charge in [-0.05, 0) is 18.4 Å². The molecule has 1 saturated heterocycles. The Hall–Kier alpha value is -0.970. The maximum atomic E-state index is 12.7. The topological polar surface area (TPSA) is 23.5 Å². The second kappa shape index (κ2) is 3.52. The molecule has 0 aromatic heterocycles. The van der Waals surface area contributed by atoms with E-state index in [0.29, 0.717) is 18.4 Å². The Kier molecular flexibility index (Phi) is 2.53. The quantitative estimate of drug-likeness (QED) is 0.701. The van der Waals surface area contributed by atoms with Gasteiger partial charge in [-0.3, -0.25) is 0 Å². The Bertz CT molecular complexity index is 355. The fraction of sp³-hybridized carbons (Fsp3) is 0.636. The highest BCUT2D eigenvalue weighted by molar-refractivity contribution is 5.35. The molecule has 1 saturated carbocycles. The molecule has 16 heavy (non-hydrogen) atoms. The van der Waals surface area contributed by atoms with Gasteiger partial charge in [-0.15, -0.1) is 0 Å². The van der Waals surface area contributed by atoms with Crippen molar-refractivity contribution in [1.29, 1.82) is 0 Å². The molecule has 90 valence electrons. The van der Waals surface area contributed by atoms with Gasteiger partial charge < -0.3 is 10.0 Å². The lowest BCUT2D eigenvalue weighted by atomic mass is 9.97. The number of allylic oxidation sites excluding steroid dienone is 1. The third kappa shape index (κ3) is 1.54. The summed E-state index contributed by atoms with van der Waals surface area (Å²) >= 11 is 0. The Balaban J connectivity index is 2.37. The van der Waals surface area contributed by atoms with Crippen LogP contribution in [0, 0.1) is 5.92 Å². The van der Waals surface area contributed by atoms with Crippen molar-refractivity contribution in [2.24, 2.45) is 5.92 Å². The highest BCUT2D eigenvalue weighted by Gasteiger charge is 2.47. The standard InChI is InChI=1S/C11H14F3NO/c1-6-7-3-8(10(4-7)15(6)2)9(5-16)11(12,13)14/h7,10,16H,1,3-5H2,2H3/b9-8-. The molecule has 2 nitrogen and oxygen atoms in total. The first kappa shape index (κ1) is 11.5. The van der Waals surface area contributed by atoms with E-state index in [0.717, 1.165) is 5.70 Å². The number of halogens is 3. The largest absolute Gasteiger partial charge is 0.414 e. The number of alkyl halides is 3. The third-order valence-electron chi connectivity index (χ3n) is 3.66. The van der Waals surface area contributed by atoms with E-state index >= 15 is 0 Å². The lowest BCUT2D eigenvalue weighted by molar-refractivity contribution is -0.0991. The number of aliphatic hydroxyl groups excluding tert-OH is 1. The molecule has 2 fully saturated rings. The first-order valence-electron chi connectivity index (χ1n) is 5.17. The van der Waals surface area contributed by atoms with Gasteiger partial charge in [0.15, 0.2) is 0 Å². The van der Waals surface area contributed by atoms with Gasteiger partial charge in [-0.2, -0.15) is 13.2 Å². The van der Waals surface area contributed by atoms with Crippen LogP contribution in [0.15, 0.2) is 23.4 Å². The molecule has 1 aliphatic heterocycles. The van der Waals surface area contributed by atoms with Crippen LogP contribution >= 0.6 is 0 Å². The van der Waals surface area contributed by atoms with Crippen LogP contribution in [-0.4, -0.2) is 35.9 Å². The van der Waals surface area contributed by atoms with Crippen LogP contribution in [0.1, 0.15) is 12.8 Å². The maximum Gasteiger partial charge on any atom is 0.414 e. The van der Waals surface area contributed by atoms with E-state index in [9.17, 15) is 13.2 Å². The number of likely N-dealkylation sites (N-methyl/N-ethyl adjacent to an activating group) is 1. The molecule has 2 atom stereocenters. The van der Waals surface area contributed by atoms with E-state index in [1.54, 1.807) is 11.9 Å². The zero-order chi connectivity index (χ0) is 12.1. The number of likely N-dealkylation sites (tertiary alicyclic amines) is 1. The minimum Gasteiger partial charge on any atom is -0.392 e. The zero-order valence-corrected chi connectivity index (χ0v) is 9.01. The van der Waals surface area contributed by atoms with Crippen molar-refractivity contribution in [1.82, 2.24) is 4.90 Å². The van der Waals surface area contributed by atoms with Crippen LogP contribution in [0.3, 0.4) is 0 Å². The summed E-state index contributed by atoms with van der Waals surface area (Å²) < 4.78 is 38.0. The van der Waals surface area contributed by atoms with Gasteiger partial charge in [0.05, 0.1) is 18.2 Å². The molecule has 0 spiro atoms. The Morgan fingerprint density at radius 2 is 2.19 bits per heavy atom. The number of piperidine rings is 1. The van der Waals surface area contributed by atoms with Crippen LogP contribution in [0.5, 0.6) is 0 Å². The molecule has 2 bridgehead atoms. The van der Waals surface area contributed by atoms with E-state index in [1.807, 2.05) is 0 Å². The van der Waals surface area contributed by atoms with Crippen molar-refractivity contribution in [2.75, 3.05) is 13.7 Å². The van der Waals surface area contributed by atoms with Crippen LogP contribution in [0.2, 0.25) is 0 Å². The highest BCUT2D eigenvalue weighted by Crippen LogP contribution is 2.49. The highest BCUT2D eigenvalue weighted by atomic mass is 19.4. The van der Waals surface area contributed by atoms with E-state index in [2.05, 4.69) is 6.58 Å². The molecule has 0 radical (unpaired) electrons. The molecule has 0 aromatic carbocycles. The Morgan fingerprint density at radius 3 is 2.56 bits per heavy atom. The molecule has 1 heterocycles. The molecular weight excluding hydrogens is 219 g/mol. The zero-order valence-electron chi connectivity index (χ0n) is 9.01. The predicted octanol–water partition coefficient (Wildman–Crippen LogP) is 2.08. The number of hydrogen-bond donors (Lipinski definition) is 1. The monoisotopic (exact) mass is 233 g/mol. The molecule has 2 aliphatic rings. The predicted molar refractivity (Wildman–Crippen MR) is 53.6 cm³/mol. The summed E-state index contributed by atoms with van der Waals surface area (Å²) in [5.41, 5.74) is 0.488. The third-order valence-corrected chi connectivity index (χ3v) is 3.66. The number of aliphatic hydroxyl groups is 1. The average molecular weight is 233 g/mol. The first-order chi connectivity index (χ1) is 7.36. The van der Waals surface area contributed by atoms with Gasteiger partial charge in [0.2, 0.25) is 0 Å². The number of nitrogens with zero attached hydrogens (tertiary/aromatic N) is 1. The van der Waals surface area contributed by atoms with Crippen molar-refractivity contribution in [3.63, 3.8) is 0 Å². The van der Waals surface area contributed by atoms with Gasteiger partial charge in [0.1, 0.15) is 0 Å². The fourth-order valence-corrected chi connectivity index (χ4v) is 2.73. The van der Waals surface area contributed by atoms with Gasteiger partial charge in [-0.25, -0.2) is 0 Å². The molecule has 1 aliphatic carbocycles. The second-order valence-electron chi connectivity index (χ2n) is 4.41. The summed E-state index contributed by atoms with van der Waals surface area (Å²) in [5, 5.41) is 8.88. The summed E-state index contributed by atoms with van der Waals surface area (Å²) in [5.74, 6) is 0.119. The van der Waals surface area contributed by atoms with Gasteiger partial charge in [-0.1, -0.05) is 6.58 Å². The van der Waals surface area contributed by atoms with Crippen molar-refractivity contribution in [3.8, 4) is 0 Å². The number of fused-ring (bicyclic) bond motifs is 2. The van der Waals surface area contributed by atoms with Crippen LogP contribution in [0.4, 0.5) is 13.2 Å². The van der Waals surface area contributed by atoms with Gasteiger partial charge in [0, 0.05) is 18.7 Å². The van der Waals surface area contributed by atoms with E-state index in [4.69, 9.17) is 5.11 Å². The molecule has 2 rings (SSSR count). The summed E-state index contributed by atoms with van der Waals surface area (Å²) in [4.78, 5) is 1.80. The van der Waals surface area contributed by atoms with Crippen LogP contribution in [0.25, 0.3) is 0 Å². The molecule has 0 amide bonds. The van der Waals surface area contributed by atoms with Crippen LogP contribution in [-0.2, 0) is 0 Å². The van der Waals surface area contributed by atoms with Crippen molar-refractivity contribution < 1.29 is 18.3 Å². The summed E-state index contributed by atoms with van der Waals surface area (Å²) in [6.45, 7) is 2.93. The molecule has 0 aromatic rings. The van der Waals surface area contributed by atoms with E-state index in [1.165, 1.54) is 0 Å². The van der Waals surface area contributed by atoms with E-state index < -0.39 is 18.4 Å². The molecule has 5 heteroatoms. The smallest absolute Gasteiger partial charge is 0.392 e. The Morgan fingerprint density at radius 1 is 1.56 bits per heavy atom. The van der Waals surface area contributed by atoms with Crippen LogP contribution < -0.4 is 0 Å². The molecule has 2 unspecified atom stereocenters. The first-order valence-corrected chi connectivity index (χ1v) is 5.17. The summed E-state index contributed by atoms with van der Waals surface area (Å²) in [6.07, 6.45) is -3.33. The average Bonchev–Trinajstić information content (AvgIpc) is 2.67. The second-order valence-corrected chi connectivity index (χ2v) is 4.41. The Labute approximate surface area is 92.0 Å². The van der Waals surface area contributed by atoms with Crippen molar-refractivity contribution in [3.05, 3.63) is 23.4 Å². The number of hydrogen-bond acceptors (Lipinski definition) is 2. The normalized spacial score (nSPS) is 32.6. The van der Waals surface area contributed by atoms with Crippen molar-refractivity contribution in [2.45, 2.75) is 25.1 Å². The number of rotatable bonds is 1. The lowest BCUT2D eigenvalue weighted by Crippen LogP contribution is -2.31. The van der Waals surface area contributed by atoms with E-state index in [-0.39, 0.29) is 12.0 Å². The summed E-state index contributed by atoms with van der Waals surface area (Å²) in [7, 11) is 1.76. The SMILES string of the molecule is C=C1C2C/C(=C(\CO)C(F)(F)F)C(C2)N1C. The molecular formula is C11H14F3NO. The van der Waals surface area contributed by atoms with Gasteiger partial charge in [0.25, 0.3) is 0 Å². The minimum atomic E-state index is -4.42. The lowest BCUT2D eigenvalue weighted by Gasteiger charge is -2.30. The minimum absolute atomic E-state index is 0.119. The van der Waals surface area contributed by atoms with Gasteiger partial charge >= 0.3 is 6.18 Å². The van der Waals surface area contributed by atoms with Crippen molar-refractivity contribution >= 4 is 0 Å². The maximum absolute atomic E-state index is 12.7.